The van der Waals surface area contributed by atoms with E-state index >= 15 is 0 Å². The Labute approximate surface area is 201 Å². The molecule has 1 aliphatic rings. The van der Waals surface area contributed by atoms with Crippen molar-refractivity contribution in [1.82, 2.24) is 5.32 Å². The zero-order valence-corrected chi connectivity index (χ0v) is 20.1. The van der Waals surface area contributed by atoms with Crippen LogP contribution in [0.15, 0.2) is 51.5 Å². The number of thioether (sulfide) groups is 1. The van der Waals surface area contributed by atoms with Gasteiger partial charge in [-0.25, -0.2) is 0 Å². The molecule has 11 heteroatoms. The van der Waals surface area contributed by atoms with Crippen molar-refractivity contribution in [2.24, 2.45) is 10.2 Å². The van der Waals surface area contributed by atoms with E-state index in [9.17, 15) is 4.79 Å². The number of carbonyl (C=O) groups is 2. The standard InChI is InChI=1S/C21H21N3O5S.C2H4O2/c1-26-15-7-5-13(17(10-15)28-3)9-19-20(25)23-21(30-19)24-22-12-14-6-8-16(27-2)11-18(14)29-4;1-2(3)4/h5-12H,1-4H3,(H,23,24,25);1H3,(H,3,4)/b19-9-,22-12+;. The molecule has 2 aromatic carbocycles. The second-order valence-electron chi connectivity index (χ2n) is 6.45. The van der Waals surface area contributed by atoms with Crippen molar-refractivity contribution in [3.63, 3.8) is 0 Å². The molecule has 1 amide bonds. The molecule has 1 saturated heterocycles. The summed E-state index contributed by atoms with van der Waals surface area (Å²) in [5.41, 5.74) is 1.49. The Bertz CT molecular complexity index is 1130. The minimum absolute atomic E-state index is 0.256. The van der Waals surface area contributed by atoms with Crippen molar-refractivity contribution in [2.45, 2.75) is 6.92 Å². The fourth-order valence-electron chi connectivity index (χ4n) is 2.62. The zero-order valence-electron chi connectivity index (χ0n) is 19.3. The number of nitrogens with zero attached hydrogens (tertiary/aromatic N) is 2. The van der Waals surface area contributed by atoms with Crippen LogP contribution in [-0.4, -0.2) is 56.8 Å². The Hall–Kier alpha value is -3.99. The first kappa shape index (κ1) is 26.3. The number of ether oxygens (including phenoxy) is 4. The summed E-state index contributed by atoms with van der Waals surface area (Å²) in [5, 5.41) is 18.6. The Kier molecular flexibility index (Phi) is 9.96. The Morgan fingerprint density at radius 1 is 0.941 bits per heavy atom. The van der Waals surface area contributed by atoms with Gasteiger partial charge in [0.05, 0.1) is 39.6 Å². The first-order chi connectivity index (χ1) is 16.3. The third-order valence-electron chi connectivity index (χ3n) is 4.16. The lowest BCUT2D eigenvalue weighted by molar-refractivity contribution is -0.134. The van der Waals surface area contributed by atoms with Crippen LogP contribution < -0.4 is 24.3 Å². The van der Waals surface area contributed by atoms with Crippen molar-refractivity contribution in [2.75, 3.05) is 28.4 Å². The van der Waals surface area contributed by atoms with Crippen LogP contribution in [0.5, 0.6) is 23.0 Å². The van der Waals surface area contributed by atoms with Crippen molar-refractivity contribution in [3.05, 3.63) is 52.4 Å². The maximum absolute atomic E-state index is 12.3. The number of benzene rings is 2. The van der Waals surface area contributed by atoms with Gasteiger partial charge in [0.15, 0.2) is 5.17 Å². The lowest BCUT2D eigenvalue weighted by Gasteiger charge is -2.07. The normalized spacial score (nSPS) is 15.0. The summed E-state index contributed by atoms with van der Waals surface area (Å²) in [7, 11) is 6.29. The van der Waals surface area contributed by atoms with E-state index in [1.807, 2.05) is 12.1 Å². The van der Waals surface area contributed by atoms with Gasteiger partial charge in [-0.05, 0) is 42.1 Å². The predicted octanol–water partition coefficient (Wildman–Crippen LogP) is 3.41. The van der Waals surface area contributed by atoms with E-state index in [-0.39, 0.29) is 5.91 Å². The maximum Gasteiger partial charge on any atom is 0.300 e. The highest BCUT2D eigenvalue weighted by Crippen LogP contribution is 2.31. The molecule has 2 aromatic rings. The lowest BCUT2D eigenvalue weighted by Crippen LogP contribution is -2.19. The summed E-state index contributed by atoms with van der Waals surface area (Å²) in [6.07, 6.45) is 3.28. The van der Waals surface area contributed by atoms with Gasteiger partial charge in [0.25, 0.3) is 11.9 Å². The summed E-state index contributed by atoms with van der Waals surface area (Å²) in [5.74, 6) is 1.47. The monoisotopic (exact) mass is 487 g/mol. The molecule has 34 heavy (non-hydrogen) atoms. The molecule has 0 radical (unpaired) electrons. The Morgan fingerprint density at radius 2 is 1.47 bits per heavy atom. The van der Waals surface area contributed by atoms with Gasteiger partial charge in [-0.1, -0.05) is 0 Å². The van der Waals surface area contributed by atoms with E-state index in [0.717, 1.165) is 18.1 Å². The zero-order chi connectivity index (χ0) is 25.1. The molecule has 10 nitrogen and oxygen atoms in total. The van der Waals surface area contributed by atoms with E-state index < -0.39 is 5.97 Å². The quantitative estimate of drug-likeness (QED) is 0.346. The Balaban J connectivity index is 0.000000945. The summed E-state index contributed by atoms with van der Waals surface area (Å²) < 4.78 is 21.1. The summed E-state index contributed by atoms with van der Waals surface area (Å²) in [6, 6.07) is 10.7. The number of nitrogens with one attached hydrogen (secondary N) is 1. The molecule has 3 rings (SSSR count). The van der Waals surface area contributed by atoms with Crippen LogP contribution >= 0.6 is 11.8 Å². The summed E-state index contributed by atoms with van der Waals surface area (Å²) in [6.45, 7) is 1.08. The summed E-state index contributed by atoms with van der Waals surface area (Å²) >= 11 is 1.19. The van der Waals surface area contributed by atoms with Crippen LogP contribution in [0.2, 0.25) is 0 Å². The van der Waals surface area contributed by atoms with E-state index in [1.54, 1.807) is 65.0 Å². The van der Waals surface area contributed by atoms with Crippen molar-refractivity contribution in [1.29, 1.82) is 0 Å². The molecule has 180 valence electrons. The first-order valence-corrected chi connectivity index (χ1v) is 10.6. The number of amidine groups is 1. The number of carbonyl (C=O) groups excluding carboxylic acids is 1. The number of rotatable bonds is 7. The Morgan fingerprint density at radius 3 is 2.00 bits per heavy atom. The van der Waals surface area contributed by atoms with Gasteiger partial charge in [0.2, 0.25) is 0 Å². The topological polar surface area (TPSA) is 128 Å². The number of carboxylic acids is 1. The number of aliphatic carboxylic acids is 1. The van der Waals surface area contributed by atoms with E-state index in [2.05, 4.69) is 15.5 Å². The highest BCUT2D eigenvalue weighted by atomic mass is 32.2. The maximum atomic E-state index is 12.3. The molecule has 0 saturated carbocycles. The van der Waals surface area contributed by atoms with E-state index in [4.69, 9.17) is 28.8 Å². The number of amides is 1. The average molecular weight is 488 g/mol. The van der Waals surface area contributed by atoms with Crippen LogP contribution in [0.25, 0.3) is 6.08 Å². The van der Waals surface area contributed by atoms with Crippen LogP contribution in [-0.2, 0) is 9.59 Å². The number of hydrogen-bond donors (Lipinski definition) is 2. The van der Waals surface area contributed by atoms with Crippen LogP contribution in [0.1, 0.15) is 18.1 Å². The lowest BCUT2D eigenvalue weighted by atomic mass is 10.1. The third kappa shape index (κ3) is 7.55. The van der Waals surface area contributed by atoms with Gasteiger partial charge < -0.3 is 24.1 Å². The van der Waals surface area contributed by atoms with Crippen LogP contribution in [0, 0.1) is 0 Å². The smallest absolute Gasteiger partial charge is 0.300 e. The fraction of sp³-hybridized carbons (Fsp3) is 0.217. The fourth-order valence-corrected chi connectivity index (χ4v) is 3.39. The van der Waals surface area contributed by atoms with Gasteiger partial charge in [-0.2, -0.15) is 5.10 Å². The largest absolute Gasteiger partial charge is 0.497 e. The number of methoxy groups -OCH3 is 4. The highest BCUT2D eigenvalue weighted by molar-refractivity contribution is 8.18. The predicted molar refractivity (Wildman–Crippen MR) is 131 cm³/mol. The van der Waals surface area contributed by atoms with Crippen molar-refractivity contribution >= 4 is 41.1 Å². The van der Waals surface area contributed by atoms with E-state index in [0.29, 0.717) is 33.1 Å². The van der Waals surface area contributed by atoms with Gasteiger partial charge in [-0.15, -0.1) is 5.10 Å². The van der Waals surface area contributed by atoms with Gasteiger partial charge in [-0.3, -0.25) is 14.9 Å². The minimum Gasteiger partial charge on any atom is -0.497 e. The first-order valence-electron chi connectivity index (χ1n) is 9.76. The molecule has 0 aromatic heterocycles. The van der Waals surface area contributed by atoms with Gasteiger partial charge in [0.1, 0.15) is 23.0 Å². The molecular weight excluding hydrogens is 462 g/mol. The molecule has 0 aliphatic carbocycles. The van der Waals surface area contributed by atoms with Crippen LogP contribution in [0.3, 0.4) is 0 Å². The molecule has 1 heterocycles. The second kappa shape index (κ2) is 12.9. The van der Waals surface area contributed by atoms with Crippen LogP contribution in [0.4, 0.5) is 0 Å². The van der Waals surface area contributed by atoms with Crippen molar-refractivity contribution < 1.29 is 33.6 Å². The molecule has 0 bridgehead atoms. The summed E-state index contributed by atoms with van der Waals surface area (Å²) in [4.78, 5) is 21.8. The molecule has 0 atom stereocenters. The number of hydrogen-bond acceptors (Lipinski definition) is 9. The molecular formula is C23H25N3O7S. The van der Waals surface area contributed by atoms with Gasteiger partial charge in [0, 0.05) is 30.2 Å². The molecule has 0 spiro atoms. The van der Waals surface area contributed by atoms with Crippen molar-refractivity contribution in [3.8, 4) is 23.0 Å². The molecule has 1 fully saturated rings. The SMILES string of the molecule is CC(=O)O.COc1ccc(/C=C2\SC(=N/N=C/c3ccc(OC)cc3OC)NC2=O)c(OC)c1. The minimum atomic E-state index is -0.833. The van der Waals surface area contributed by atoms with E-state index in [1.165, 1.54) is 11.8 Å². The highest BCUT2D eigenvalue weighted by Gasteiger charge is 2.24. The molecule has 0 unspecified atom stereocenters. The number of carboxylic acid groups (broad SMARTS) is 1. The third-order valence-corrected chi connectivity index (χ3v) is 5.06. The molecule has 1 aliphatic heterocycles. The molecule has 2 N–H and O–H groups in total. The van der Waals surface area contributed by atoms with Gasteiger partial charge >= 0.3 is 0 Å². The average Bonchev–Trinajstić information content (AvgIpc) is 3.17. The second-order valence-corrected chi connectivity index (χ2v) is 7.48.